The Bertz CT molecular complexity index is 948. The predicted molar refractivity (Wildman–Crippen MR) is 100 cm³/mol. The zero-order chi connectivity index (χ0) is 18.3. The summed E-state index contributed by atoms with van der Waals surface area (Å²) in [5.41, 5.74) is 2.68. The summed E-state index contributed by atoms with van der Waals surface area (Å²) in [5, 5.41) is 1.92. The van der Waals surface area contributed by atoms with Crippen LogP contribution < -0.4 is 0 Å². The average Bonchev–Trinajstić information content (AvgIpc) is 3.20. The minimum Gasteiger partial charge on any atom is -0.335 e. The lowest BCUT2D eigenvalue weighted by atomic mass is 10.1. The quantitative estimate of drug-likeness (QED) is 0.714. The van der Waals surface area contributed by atoms with E-state index in [9.17, 15) is 9.59 Å². The van der Waals surface area contributed by atoms with Crippen LogP contribution in [0.4, 0.5) is 0 Å². The van der Waals surface area contributed by atoms with E-state index in [1.54, 1.807) is 18.0 Å². The van der Waals surface area contributed by atoms with Gasteiger partial charge in [0.1, 0.15) is 11.7 Å². The number of amides is 2. The van der Waals surface area contributed by atoms with E-state index < -0.39 is 6.04 Å². The molecule has 2 amide bonds. The van der Waals surface area contributed by atoms with Crippen molar-refractivity contribution in [2.24, 2.45) is 0 Å². The fraction of sp³-hybridized carbons (Fsp3) is 0.316. The minimum absolute atomic E-state index is 0.0212. The predicted octanol–water partition coefficient (Wildman–Crippen LogP) is 2.58. The van der Waals surface area contributed by atoms with Crippen molar-refractivity contribution < 1.29 is 9.59 Å². The van der Waals surface area contributed by atoms with Gasteiger partial charge in [0.15, 0.2) is 4.96 Å². The van der Waals surface area contributed by atoms with Crippen molar-refractivity contribution in [2.45, 2.75) is 26.4 Å². The molecular formula is C19H20N4O2S. The van der Waals surface area contributed by atoms with Crippen molar-refractivity contribution in [3.63, 3.8) is 0 Å². The van der Waals surface area contributed by atoms with Crippen LogP contribution in [0.2, 0.25) is 0 Å². The van der Waals surface area contributed by atoms with Gasteiger partial charge in [0.25, 0.3) is 5.91 Å². The van der Waals surface area contributed by atoms with Gasteiger partial charge in [-0.3, -0.25) is 14.0 Å². The van der Waals surface area contributed by atoms with Crippen LogP contribution in [-0.2, 0) is 11.3 Å². The SMILES string of the molecule is Cc1cccc(CN2CCN(C(=O)c3cn4ccsc4n3)C(C)C2=O)c1. The average molecular weight is 368 g/mol. The van der Waals surface area contributed by atoms with E-state index in [4.69, 9.17) is 0 Å². The Morgan fingerprint density at radius 1 is 1.35 bits per heavy atom. The van der Waals surface area contributed by atoms with Crippen molar-refractivity contribution >= 4 is 28.1 Å². The molecule has 26 heavy (non-hydrogen) atoms. The minimum atomic E-state index is -0.485. The van der Waals surface area contributed by atoms with Gasteiger partial charge < -0.3 is 9.80 Å². The van der Waals surface area contributed by atoms with Crippen LogP contribution in [0, 0.1) is 6.92 Å². The fourth-order valence-corrected chi connectivity index (χ4v) is 4.07. The Balaban J connectivity index is 1.48. The van der Waals surface area contributed by atoms with Gasteiger partial charge in [-0.05, 0) is 19.4 Å². The van der Waals surface area contributed by atoms with Gasteiger partial charge in [-0.15, -0.1) is 11.3 Å². The molecule has 1 aromatic carbocycles. The molecule has 134 valence electrons. The first-order valence-corrected chi connectivity index (χ1v) is 9.48. The van der Waals surface area contributed by atoms with Gasteiger partial charge in [-0.2, -0.15) is 0 Å². The van der Waals surface area contributed by atoms with Crippen molar-refractivity contribution in [3.05, 3.63) is 58.9 Å². The van der Waals surface area contributed by atoms with Crippen molar-refractivity contribution in [3.8, 4) is 0 Å². The molecule has 0 N–H and O–H groups in total. The summed E-state index contributed by atoms with van der Waals surface area (Å²) in [7, 11) is 0. The molecule has 4 rings (SSSR count). The monoisotopic (exact) mass is 368 g/mol. The maximum Gasteiger partial charge on any atom is 0.274 e. The van der Waals surface area contributed by atoms with Gasteiger partial charge in [-0.1, -0.05) is 29.8 Å². The normalized spacial score (nSPS) is 17.9. The molecule has 3 aromatic rings. The number of rotatable bonds is 3. The van der Waals surface area contributed by atoms with Gasteiger partial charge in [0.05, 0.1) is 0 Å². The second-order valence-electron chi connectivity index (χ2n) is 6.64. The highest BCUT2D eigenvalue weighted by atomic mass is 32.1. The molecule has 2 aromatic heterocycles. The molecule has 1 aliphatic heterocycles. The number of carbonyl (C=O) groups is 2. The van der Waals surface area contributed by atoms with Crippen LogP contribution in [0.1, 0.15) is 28.5 Å². The Kier molecular flexibility index (Phi) is 4.24. The van der Waals surface area contributed by atoms with E-state index in [1.807, 2.05) is 46.0 Å². The first-order chi connectivity index (χ1) is 12.5. The Hall–Kier alpha value is -2.67. The second-order valence-corrected chi connectivity index (χ2v) is 7.52. The van der Waals surface area contributed by atoms with Crippen LogP contribution in [-0.4, -0.2) is 50.1 Å². The fourth-order valence-electron chi connectivity index (χ4n) is 3.37. The smallest absolute Gasteiger partial charge is 0.274 e. The second kappa shape index (κ2) is 6.57. The molecule has 0 saturated carbocycles. The summed E-state index contributed by atoms with van der Waals surface area (Å²) >= 11 is 1.48. The van der Waals surface area contributed by atoms with E-state index in [2.05, 4.69) is 11.1 Å². The third-order valence-electron chi connectivity index (χ3n) is 4.78. The van der Waals surface area contributed by atoms with E-state index in [0.717, 1.165) is 10.5 Å². The maximum atomic E-state index is 12.8. The number of nitrogens with zero attached hydrogens (tertiary/aromatic N) is 4. The molecule has 1 aliphatic rings. The molecule has 0 aliphatic carbocycles. The molecule has 0 bridgehead atoms. The maximum absolute atomic E-state index is 12.8. The zero-order valence-corrected chi connectivity index (χ0v) is 15.6. The highest BCUT2D eigenvalue weighted by molar-refractivity contribution is 7.15. The molecule has 6 nitrogen and oxygen atoms in total. The summed E-state index contributed by atoms with van der Waals surface area (Å²) < 4.78 is 1.83. The summed E-state index contributed by atoms with van der Waals surface area (Å²) in [6, 6.07) is 7.68. The lowest BCUT2D eigenvalue weighted by Gasteiger charge is -2.38. The molecule has 0 radical (unpaired) electrons. The van der Waals surface area contributed by atoms with Crippen LogP contribution in [0.5, 0.6) is 0 Å². The molecule has 1 fully saturated rings. The van der Waals surface area contributed by atoms with Crippen molar-refractivity contribution in [2.75, 3.05) is 13.1 Å². The summed E-state index contributed by atoms with van der Waals surface area (Å²) in [5.74, 6) is -0.205. The number of benzene rings is 1. The summed E-state index contributed by atoms with van der Waals surface area (Å²) in [6.45, 7) is 5.46. The van der Waals surface area contributed by atoms with E-state index >= 15 is 0 Å². The number of hydrogen-bond donors (Lipinski definition) is 0. The first-order valence-electron chi connectivity index (χ1n) is 8.60. The molecule has 1 unspecified atom stereocenters. The van der Waals surface area contributed by atoms with Crippen LogP contribution in [0.25, 0.3) is 4.96 Å². The van der Waals surface area contributed by atoms with Crippen LogP contribution >= 0.6 is 11.3 Å². The molecule has 1 atom stereocenters. The van der Waals surface area contributed by atoms with Gasteiger partial charge in [0.2, 0.25) is 5.91 Å². The van der Waals surface area contributed by atoms with E-state index in [1.165, 1.54) is 16.9 Å². The lowest BCUT2D eigenvalue weighted by Crippen LogP contribution is -2.57. The first kappa shape index (κ1) is 16.8. The summed E-state index contributed by atoms with van der Waals surface area (Å²) in [4.78, 5) is 34.2. The van der Waals surface area contributed by atoms with Crippen molar-refractivity contribution in [1.29, 1.82) is 0 Å². The molecular weight excluding hydrogens is 348 g/mol. The molecule has 0 spiro atoms. The number of fused-ring (bicyclic) bond motifs is 1. The number of aryl methyl sites for hydroxylation is 1. The standard InChI is InChI=1S/C19H20N4O2S/c1-13-4-3-5-15(10-13)11-21-6-7-23(14(2)17(21)24)18(25)16-12-22-8-9-26-19(22)20-16/h3-5,8-10,12,14H,6-7,11H2,1-2H3. The number of hydrogen-bond acceptors (Lipinski definition) is 4. The van der Waals surface area contributed by atoms with E-state index in [-0.39, 0.29) is 11.8 Å². The third kappa shape index (κ3) is 2.99. The number of imidazole rings is 1. The van der Waals surface area contributed by atoms with Gasteiger partial charge >= 0.3 is 0 Å². The highest BCUT2D eigenvalue weighted by Crippen LogP contribution is 2.19. The van der Waals surface area contributed by atoms with Crippen LogP contribution in [0.3, 0.4) is 0 Å². The Morgan fingerprint density at radius 2 is 2.19 bits per heavy atom. The highest BCUT2D eigenvalue weighted by Gasteiger charge is 2.35. The zero-order valence-electron chi connectivity index (χ0n) is 14.8. The number of piperazine rings is 1. The van der Waals surface area contributed by atoms with Crippen LogP contribution in [0.15, 0.2) is 42.0 Å². The molecule has 7 heteroatoms. The molecule has 1 saturated heterocycles. The lowest BCUT2D eigenvalue weighted by molar-refractivity contribution is -0.140. The van der Waals surface area contributed by atoms with E-state index in [0.29, 0.717) is 25.3 Å². The van der Waals surface area contributed by atoms with Crippen molar-refractivity contribution in [1.82, 2.24) is 19.2 Å². The van der Waals surface area contributed by atoms with Gasteiger partial charge in [-0.25, -0.2) is 4.98 Å². The Labute approximate surface area is 155 Å². The molecule has 3 heterocycles. The summed E-state index contributed by atoms with van der Waals surface area (Å²) in [6.07, 6.45) is 3.60. The Morgan fingerprint density at radius 3 is 2.96 bits per heavy atom. The van der Waals surface area contributed by atoms with Gasteiger partial charge in [0, 0.05) is 37.4 Å². The number of aromatic nitrogens is 2. The number of carbonyl (C=O) groups excluding carboxylic acids is 2. The number of thiazole rings is 1. The third-order valence-corrected chi connectivity index (χ3v) is 5.55. The topological polar surface area (TPSA) is 57.9 Å². The largest absolute Gasteiger partial charge is 0.335 e.